The minimum Gasteiger partial charge on any atom is -0.467 e. The lowest BCUT2D eigenvalue weighted by molar-refractivity contribution is 0.0413. The lowest BCUT2D eigenvalue weighted by Crippen LogP contribution is -2.47. The van der Waals surface area contributed by atoms with Crippen molar-refractivity contribution < 1.29 is 13.9 Å². The summed E-state index contributed by atoms with van der Waals surface area (Å²) >= 11 is 6.47. The lowest BCUT2D eigenvalue weighted by atomic mass is 10.1. The van der Waals surface area contributed by atoms with Gasteiger partial charge in [0, 0.05) is 24.0 Å². The van der Waals surface area contributed by atoms with Crippen molar-refractivity contribution in [3.8, 4) is 0 Å². The summed E-state index contributed by atoms with van der Waals surface area (Å²) in [6.07, 6.45) is 1.61. The smallest absolute Gasteiger partial charge is 0.320 e. The molecule has 0 N–H and O–H groups in total. The van der Waals surface area contributed by atoms with Crippen LogP contribution in [0.5, 0.6) is 0 Å². The summed E-state index contributed by atoms with van der Waals surface area (Å²) in [5.41, 5.74) is 2.79. The number of aryl methyl sites for hydroxylation is 1. The Bertz CT molecular complexity index is 968. The quantitative estimate of drug-likeness (QED) is 0.615. The van der Waals surface area contributed by atoms with Crippen LogP contribution in [0.2, 0.25) is 5.15 Å². The molecule has 0 unspecified atom stereocenters. The number of carbonyl (C=O) groups is 1. The normalized spacial score (nSPS) is 14.4. The Morgan fingerprint density at radius 3 is 2.79 bits per heavy atom. The molecule has 6 nitrogen and oxygen atoms in total. The standard InChI is InChI=1S/C21H22ClN3O3/c1-15-4-5-16-12-17(20(22)23-19(16)11-15)13-25(14-18-3-2-8-28-18)21(26)24-6-9-27-10-7-24/h2-5,8,11-12H,6-7,9-10,13-14H2,1H3. The minimum absolute atomic E-state index is 0.0558. The van der Waals surface area contributed by atoms with E-state index in [9.17, 15) is 4.79 Å². The van der Waals surface area contributed by atoms with Crippen molar-refractivity contribution in [3.63, 3.8) is 0 Å². The minimum atomic E-state index is -0.0558. The van der Waals surface area contributed by atoms with Crippen LogP contribution in [0.1, 0.15) is 16.9 Å². The highest BCUT2D eigenvalue weighted by Gasteiger charge is 2.25. The summed E-state index contributed by atoms with van der Waals surface area (Å²) < 4.78 is 10.8. The van der Waals surface area contributed by atoms with Crippen LogP contribution in [-0.4, -0.2) is 47.1 Å². The van der Waals surface area contributed by atoms with E-state index in [-0.39, 0.29) is 6.03 Å². The van der Waals surface area contributed by atoms with Crippen LogP contribution in [0.3, 0.4) is 0 Å². The fourth-order valence-electron chi connectivity index (χ4n) is 3.35. The number of hydrogen-bond donors (Lipinski definition) is 0. The summed E-state index contributed by atoms with van der Waals surface area (Å²) in [5, 5.41) is 1.42. The Kier molecular flexibility index (Phi) is 5.50. The fourth-order valence-corrected chi connectivity index (χ4v) is 3.56. The van der Waals surface area contributed by atoms with E-state index in [2.05, 4.69) is 4.98 Å². The van der Waals surface area contributed by atoms with Gasteiger partial charge in [-0.2, -0.15) is 0 Å². The second-order valence-electron chi connectivity index (χ2n) is 6.95. The number of ether oxygens (including phenoxy) is 1. The average Bonchev–Trinajstić information content (AvgIpc) is 3.21. The summed E-state index contributed by atoms with van der Waals surface area (Å²) in [5.74, 6) is 0.724. The number of fused-ring (bicyclic) bond motifs is 1. The van der Waals surface area contributed by atoms with E-state index in [1.807, 2.05) is 43.3 Å². The maximum Gasteiger partial charge on any atom is 0.320 e. The molecule has 146 valence electrons. The number of morpholine rings is 1. The zero-order chi connectivity index (χ0) is 19.5. The van der Waals surface area contributed by atoms with Gasteiger partial charge in [0.2, 0.25) is 0 Å². The third-order valence-electron chi connectivity index (χ3n) is 4.84. The molecular weight excluding hydrogens is 378 g/mol. The first-order valence-corrected chi connectivity index (χ1v) is 9.68. The number of urea groups is 1. The Balaban J connectivity index is 1.62. The number of rotatable bonds is 4. The molecule has 0 saturated carbocycles. The van der Waals surface area contributed by atoms with Crippen molar-refractivity contribution in [2.45, 2.75) is 20.0 Å². The van der Waals surface area contributed by atoms with Crippen molar-refractivity contribution >= 4 is 28.5 Å². The summed E-state index contributed by atoms with van der Waals surface area (Å²) in [7, 11) is 0. The number of pyridine rings is 1. The Hall–Kier alpha value is -2.57. The number of benzene rings is 1. The first-order valence-electron chi connectivity index (χ1n) is 9.30. The summed E-state index contributed by atoms with van der Waals surface area (Å²) in [6.45, 7) is 5.01. The van der Waals surface area contributed by atoms with Crippen molar-refractivity contribution in [3.05, 3.63) is 64.7 Å². The molecule has 1 aliphatic rings. The van der Waals surface area contributed by atoms with Crippen molar-refractivity contribution in [2.24, 2.45) is 0 Å². The Morgan fingerprint density at radius 1 is 1.21 bits per heavy atom. The number of furan rings is 1. The number of hydrogen-bond acceptors (Lipinski definition) is 4. The van der Waals surface area contributed by atoms with Gasteiger partial charge in [-0.1, -0.05) is 23.7 Å². The van der Waals surface area contributed by atoms with Crippen LogP contribution in [0.15, 0.2) is 47.1 Å². The molecule has 28 heavy (non-hydrogen) atoms. The van der Waals surface area contributed by atoms with Gasteiger partial charge >= 0.3 is 6.03 Å². The second kappa shape index (κ2) is 8.20. The van der Waals surface area contributed by atoms with E-state index in [1.54, 1.807) is 16.1 Å². The van der Waals surface area contributed by atoms with Gasteiger partial charge in [-0.25, -0.2) is 9.78 Å². The third kappa shape index (κ3) is 4.13. The monoisotopic (exact) mass is 399 g/mol. The van der Waals surface area contributed by atoms with Crippen LogP contribution in [0.4, 0.5) is 4.79 Å². The van der Waals surface area contributed by atoms with Crippen molar-refractivity contribution in [2.75, 3.05) is 26.3 Å². The maximum absolute atomic E-state index is 13.1. The van der Waals surface area contributed by atoms with E-state index in [4.69, 9.17) is 20.8 Å². The predicted molar refractivity (Wildman–Crippen MR) is 107 cm³/mol. The van der Waals surface area contributed by atoms with E-state index < -0.39 is 0 Å². The molecule has 7 heteroatoms. The second-order valence-corrected chi connectivity index (χ2v) is 7.31. The van der Waals surface area contributed by atoms with Gasteiger partial charge in [0.1, 0.15) is 10.9 Å². The van der Waals surface area contributed by atoms with Gasteiger partial charge in [-0.3, -0.25) is 0 Å². The van der Waals surface area contributed by atoms with Gasteiger partial charge in [0.05, 0.1) is 38.1 Å². The molecule has 0 bridgehead atoms. The van der Waals surface area contributed by atoms with Crippen LogP contribution < -0.4 is 0 Å². The molecule has 1 fully saturated rings. The molecule has 3 heterocycles. The van der Waals surface area contributed by atoms with Crippen molar-refractivity contribution in [1.82, 2.24) is 14.8 Å². The van der Waals surface area contributed by atoms with Crippen molar-refractivity contribution in [1.29, 1.82) is 0 Å². The molecule has 1 aromatic carbocycles. The SMILES string of the molecule is Cc1ccc2cc(CN(Cc3ccco3)C(=O)N3CCOCC3)c(Cl)nc2c1. The molecule has 4 rings (SSSR count). The van der Waals surface area contributed by atoms with Crippen LogP contribution in [0, 0.1) is 6.92 Å². The predicted octanol–water partition coefficient (Wildman–Crippen LogP) is 4.24. The van der Waals surface area contributed by atoms with Gasteiger partial charge < -0.3 is 19.0 Å². The molecule has 0 atom stereocenters. The Morgan fingerprint density at radius 2 is 2.04 bits per heavy atom. The topological polar surface area (TPSA) is 58.8 Å². The molecule has 1 aliphatic heterocycles. The number of aromatic nitrogens is 1. The van der Waals surface area contributed by atoms with E-state index in [1.165, 1.54) is 0 Å². The van der Waals surface area contributed by atoms with Gasteiger partial charge in [-0.15, -0.1) is 0 Å². The molecule has 0 spiro atoms. The Labute approximate surface area is 168 Å². The fraction of sp³-hybridized carbons (Fsp3) is 0.333. The first-order chi connectivity index (χ1) is 13.6. The van der Waals surface area contributed by atoms with Crippen LogP contribution >= 0.6 is 11.6 Å². The zero-order valence-corrected chi connectivity index (χ0v) is 16.5. The van der Waals surface area contributed by atoms with Crippen LogP contribution in [0.25, 0.3) is 10.9 Å². The zero-order valence-electron chi connectivity index (χ0n) is 15.7. The number of halogens is 1. The van der Waals surface area contributed by atoms with E-state index in [0.717, 1.165) is 27.8 Å². The molecular formula is C21H22ClN3O3. The van der Waals surface area contributed by atoms with Gasteiger partial charge in [0.25, 0.3) is 0 Å². The molecule has 0 aliphatic carbocycles. The highest BCUT2D eigenvalue weighted by molar-refractivity contribution is 6.30. The average molecular weight is 400 g/mol. The molecule has 1 saturated heterocycles. The highest BCUT2D eigenvalue weighted by atomic mass is 35.5. The van der Waals surface area contributed by atoms with Crippen LogP contribution in [-0.2, 0) is 17.8 Å². The molecule has 3 aromatic rings. The molecule has 2 amide bonds. The maximum atomic E-state index is 13.1. The third-order valence-corrected chi connectivity index (χ3v) is 5.17. The highest BCUT2D eigenvalue weighted by Crippen LogP contribution is 2.24. The molecule has 2 aromatic heterocycles. The van der Waals surface area contributed by atoms with E-state index in [0.29, 0.717) is 44.5 Å². The number of amides is 2. The van der Waals surface area contributed by atoms with Gasteiger partial charge in [0.15, 0.2) is 0 Å². The first kappa shape index (κ1) is 18.8. The lowest BCUT2D eigenvalue weighted by Gasteiger charge is -2.32. The molecule has 0 radical (unpaired) electrons. The summed E-state index contributed by atoms with van der Waals surface area (Å²) in [4.78, 5) is 21.2. The van der Waals surface area contributed by atoms with E-state index >= 15 is 0 Å². The number of carbonyl (C=O) groups excluding carboxylic acids is 1. The van der Waals surface area contributed by atoms with Gasteiger partial charge in [-0.05, 0) is 36.8 Å². The number of nitrogens with zero attached hydrogens (tertiary/aromatic N) is 3. The summed E-state index contributed by atoms with van der Waals surface area (Å²) in [6, 6.07) is 11.7. The largest absolute Gasteiger partial charge is 0.467 e.